The third-order valence-electron chi connectivity index (χ3n) is 13.1. The molecule has 302 valence electrons. The summed E-state index contributed by atoms with van der Waals surface area (Å²) in [5.41, 5.74) is 23.4. The normalized spacial score (nSPS) is 12.0. The third-order valence-corrected chi connectivity index (χ3v) is 13.1. The minimum atomic E-state index is 0.930. The van der Waals surface area contributed by atoms with E-state index >= 15 is 0 Å². The van der Waals surface area contributed by atoms with Gasteiger partial charge >= 0.3 is 0 Å². The number of nitrogens with zero attached hydrogens (tertiary/aromatic N) is 2. The van der Waals surface area contributed by atoms with Crippen LogP contribution in [0.15, 0.2) is 207 Å². The van der Waals surface area contributed by atoms with Crippen molar-refractivity contribution in [2.24, 2.45) is 0 Å². The number of para-hydroxylation sites is 3. The summed E-state index contributed by atoms with van der Waals surface area (Å²) in [6, 6.07) is 73.4. The van der Waals surface area contributed by atoms with Gasteiger partial charge in [-0.3, -0.25) is 0 Å². The lowest BCUT2D eigenvalue weighted by Crippen LogP contribution is -1.99. The summed E-state index contributed by atoms with van der Waals surface area (Å²) in [7, 11) is 0. The number of aromatic nitrogens is 2. The number of benzene rings is 9. The Bertz CT molecular complexity index is 3510. The van der Waals surface area contributed by atoms with E-state index in [1.54, 1.807) is 0 Å². The van der Waals surface area contributed by atoms with Crippen molar-refractivity contribution < 1.29 is 0 Å². The largest absolute Gasteiger partial charge is 0.309 e. The van der Waals surface area contributed by atoms with Crippen LogP contribution in [0.2, 0.25) is 0 Å². The average molecular weight is 809 g/mol. The molecule has 0 aliphatic heterocycles. The summed E-state index contributed by atoms with van der Waals surface area (Å²) in [5, 5.41) is 5.17. The molecule has 0 fully saturated rings. The van der Waals surface area contributed by atoms with Gasteiger partial charge in [-0.1, -0.05) is 178 Å². The molecule has 2 heterocycles. The molecule has 0 radical (unpaired) electrons. The monoisotopic (exact) mass is 808 g/mol. The van der Waals surface area contributed by atoms with Gasteiger partial charge in [0.25, 0.3) is 0 Å². The van der Waals surface area contributed by atoms with E-state index in [0.29, 0.717) is 0 Å². The predicted molar refractivity (Wildman–Crippen MR) is 270 cm³/mol. The van der Waals surface area contributed by atoms with Crippen molar-refractivity contribution in [2.45, 2.75) is 33.6 Å². The van der Waals surface area contributed by atoms with Crippen molar-refractivity contribution in [3.63, 3.8) is 0 Å². The van der Waals surface area contributed by atoms with E-state index in [1.165, 1.54) is 116 Å². The fourth-order valence-electron chi connectivity index (χ4n) is 10.2. The first-order chi connectivity index (χ1) is 31.1. The molecule has 11 aromatic rings. The van der Waals surface area contributed by atoms with Crippen molar-refractivity contribution >= 4 is 49.2 Å². The first-order valence-corrected chi connectivity index (χ1v) is 22.3. The lowest BCUT2D eigenvalue weighted by atomic mass is 9.97. The maximum Gasteiger partial charge on any atom is 0.0541 e. The second-order valence-electron chi connectivity index (χ2n) is 16.6. The van der Waals surface area contributed by atoms with Crippen LogP contribution in [0.5, 0.6) is 0 Å². The molecule has 9 aromatic carbocycles. The molecular formula is C61H48N2. The Morgan fingerprint density at radius 3 is 1.41 bits per heavy atom. The maximum atomic E-state index is 3.83. The van der Waals surface area contributed by atoms with Crippen molar-refractivity contribution in [2.75, 3.05) is 0 Å². The number of fused-ring (bicyclic) bond motifs is 12. The van der Waals surface area contributed by atoms with E-state index in [9.17, 15) is 0 Å². The molecule has 2 aliphatic carbocycles. The van der Waals surface area contributed by atoms with Crippen LogP contribution in [0.3, 0.4) is 0 Å². The van der Waals surface area contributed by atoms with Gasteiger partial charge in [0, 0.05) is 34.4 Å². The smallest absolute Gasteiger partial charge is 0.0541 e. The van der Waals surface area contributed by atoms with Crippen LogP contribution >= 0.6 is 0 Å². The second kappa shape index (κ2) is 15.7. The van der Waals surface area contributed by atoms with Gasteiger partial charge in [0.2, 0.25) is 0 Å². The predicted octanol–water partition coefficient (Wildman–Crippen LogP) is 16.4. The fraction of sp³-hybridized carbons (Fsp3) is 0.0820. The van der Waals surface area contributed by atoms with Crippen LogP contribution in [0.4, 0.5) is 0 Å². The summed E-state index contributed by atoms with van der Waals surface area (Å²) < 4.78 is 4.97. The number of hydrogen-bond acceptors (Lipinski definition) is 0. The third kappa shape index (κ3) is 6.24. The van der Waals surface area contributed by atoms with E-state index in [0.717, 1.165) is 18.4 Å². The Morgan fingerprint density at radius 1 is 0.381 bits per heavy atom. The molecule has 2 aliphatic rings. The second-order valence-corrected chi connectivity index (χ2v) is 16.6. The van der Waals surface area contributed by atoms with Gasteiger partial charge in [0.1, 0.15) is 0 Å². The first-order valence-electron chi connectivity index (χ1n) is 22.3. The van der Waals surface area contributed by atoms with Gasteiger partial charge in [-0.15, -0.1) is 0 Å². The zero-order valence-electron chi connectivity index (χ0n) is 36.1. The van der Waals surface area contributed by atoms with Crippen LogP contribution < -0.4 is 0 Å². The highest BCUT2D eigenvalue weighted by Crippen LogP contribution is 2.45. The molecule has 0 spiro atoms. The van der Waals surface area contributed by atoms with E-state index in [2.05, 4.69) is 198 Å². The highest BCUT2D eigenvalue weighted by Gasteiger charge is 2.26. The van der Waals surface area contributed by atoms with E-state index in [4.69, 9.17) is 0 Å². The van der Waals surface area contributed by atoms with Gasteiger partial charge in [0.15, 0.2) is 0 Å². The Kier molecular flexibility index (Phi) is 9.51. The molecular weight excluding hydrogens is 761 g/mol. The van der Waals surface area contributed by atoms with Crippen molar-refractivity contribution in [3.8, 4) is 44.8 Å². The number of rotatable bonds is 4. The van der Waals surface area contributed by atoms with Gasteiger partial charge in [-0.05, 0) is 117 Å². The minimum Gasteiger partial charge on any atom is -0.309 e. The quantitative estimate of drug-likeness (QED) is 0.168. The van der Waals surface area contributed by atoms with E-state index in [1.807, 2.05) is 39.0 Å². The van der Waals surface area contributed by atoms with Crippen LogP contribution in [0.1, 0.15) is 48.6 Å². The van der Waals surface area contributed by atoms with E-state index < -0.39 is 0 Å². The minimum absolute atomic E-state index is 0.930. The van der Waals surface area contributed by atoms with Crippen molar-refractivity contribution in [1.29, 1.82) is 0 Å². The Labute approximate surface area is 369 Å². The van der Waals surface area contributed by atoms with Gasteiger partial charge < -0.3 is 9.13 Å². The van der Waals surface area contributed by atoms with Crippen molar-refractivity contribution in [3.05, 3.63) is 235 Å². The topological polar surface area (TPSA) is 9.86 Å². The Balaban J connectivity index is 0.000000360. The Morgan fingerprint density at radius 2 is 0.825 bits per heavy atom. The molecule has 0 saturated heterocycles. The highest BCUT2D eigenvalue weighted by molar-refractivity contribution is 6.11. The molecule has 0 atom stereocenters. The zero-order chi connectivity index (χ0) is 42.6. The van der Waals surface area contributed by atoms with Crippen LogP contribution in [-0.4, -0.2) is 9.13 Å². The van der Waals surface area contributed by atoms with Crippen molar-refractivity contribution in [1.82, 2.24) is 9.13 Å². The molecule has 2 heteroatoms. The zero-order valence-corrected chi connectivity index (χ0v) is 36.1. The lowest BCUT2D eigenvalue weighted by Gasteiger charge is -2.13. The maximum absolute atomic E-state index is 3.83. The van der Waals surface area contributed by atoms with Crippen LogP contribution in [0.25, 0.3) is 93.9 Å². The standard InChI is InChI=1S/C50H32N2.C9H10.C2H6/c1-2-12-35-33(11-1)29-42-36(35)16-9-21-48(42)52-47-20-8-5-15-40(47)44-28-32(25-26-50(44)52)31-23-24-34-30-43-37(41(34)27-31)17-10-22-49(43)51-45-18-6-3-13-38(45)39-14-4-7-19-46(39)51;1-8(2)9-6-4-3-5-7-9;1-2/h1-28H,29-30H2;3-7H,1H2,2H3;1-2H3. The van der Waals surface area contributed by atoms with E-state index in [-0.39, 0.29) is 0 Å². The van der Waals surface area contributed by atoms with Crippen LogP contribution in [0, 0.1) is 0 Å². The van der Waals surface area contributed by atoms with Gasteiger partial charge in [-0.2, -0.15) is 0 Å². The number of hydrogen-bond donors (Lipinski definition) is 0. The number of allylic oxidation sites excluding steroid dienone is 1. The lowest BCUT2D eigenvalue weighted by molar-refractivity contribution is 1.12. The molecule has 0 bridgehead atoms. The molecule has 0 N–H and O–H groups in total. The summed E-state index contributed by atoms with van der Waals surface area (Å²) in [6.07, 6.45) is 1.89. The van der Waals surface area contributed by atoms with Gasteiger partial charge in [-0.25, -0.2) is 0 Å². The molecule has 13 rings (SSSR count). The first kappa shape index (κ1) is 38.3. The molecule has 0 unspecified atom stereocenters. The van der Waals surface area contributed by atoms with Gasteiger partial charge in [0.05, 0.1) is 33.4 Å². The molecule has 0 saturated carbocycles. The SMILES string of the molecule is C=C(C)c1ccccc1.CC.c1ccc2c(c1)Cc1c-2cccc1-n1c2ccccc2c2cc(-c3ccc4c(c3)-c3cccc(-n5c6ccccc6c6ccccc65)c3C4)ccc21. The summed E-state index contributed by atoms with van der Waals surface area (Å²) >= 11 is 0. The summed E-state index contributed by atoms with van der Waals surface area (Å²) in [4.78, 5) is 0. The molecule has 63 heavy (non-hydrogen) atoms. The van der Waals surface area contributed by atoms with Crippen LogP contribution in [-0.2, 0) is 12.8 Å². The average Bonchev–Trinajstić information content (AvgIpc) is 4.10. The summed E-state index contributed by atoms with van der Waals surface area (Å²) in [5.74, 6) is 0. The fourth-order valence-corrected chi connectivity index (χ4v) is 10.2. The summed E-state index contributed by atoms with van der Waals surface area (Å²) in [6.45, 7) is 9.83. The highest BCUT2D eigenvalue weighted by atomic mass is 15.0. The molecule has 2 aromatic heterocycles. The molecule has 2 nitrogen and oxygen atoms in total. The molecule has 0 amide bonds. The Hall–Kier alpha value is -7.68.